The van der Waals surface area contributed by atoms with E-state index in [0.717, 1.165) is 5.69 Å². The molecule has 1 aromatic carbocycles. The monoisotopic (exact) mass is 257 g/mol. The van der Waals surface area contributed by atoms with Crippen LogP contribution in [0.15, 0.2) is 35.3 Å². The normalized spacial score (nSPS) is 10.4. The minimum Gasteiger partial charge on any atom is -0.478 e. The van der Waals surface area contributed by atoms with Crippen molar-refractivity contribution in [1.82, 2.24) is 4.98 Å². The van der Waals surface area contributed by atoms with Gasteiger partial charge in [0.2, 0.25) is 0 Å². The van der Waals surface area contributed by atoms with Gasteiger partial charge in [0.1, 0.15) is 0 Å². The molecule has 1 aromatic heterocycles. The number of aromatic amines is 1. The smallest absolute Gasteiger partial charge is 0.335 e. The number of pyridine rings is 1. The number of carboxylic acid groups (broad SMARTS) is 1. The summed E-state index contributed by atoms with van der Waals surface area (Å²) in [7, 11) is 0. The molecule has 19 heavy (non-hydrogen) atoms. The standard InChI is InChI=1S/C15H15NO3/c1-9-8-16-13(10(2)14(9)17)7-11-5-3-4-6-12(11)15(18)19/h3-6,8H,7H2,1-2H3,(H,16,17)(H,18,19). The van der Waals surface area contributed by atoms with Crippen molar-refractivity contribution in [3.8, 4) is 0 Å². The summed E-state index contributed by atoms with van der Waals surface area (Å²) in [4.78, 5) is 26.1. The molecule has 98 valence electrons. The first-order chi connectivity index (χ1) is 9.00. The van der Waals surface area contributed by atoms with Crippen LogP contribution in [0.4, 0.5) is 0 Å². The van der Waals surface area contributed by atoms with Crippen molar-refractivity contribution in [3.63, 3.8) is 0 Å². The summed E-state index contributed by atoms with van der Waals surface area (Å²) in [5.74, 6) is -0.956. The third-order valence-corrected chi connectivity index (χ3v) is 3.23. The van der Waals surface area contributed by atoms with E-state index in [-0.39, 0.29) is 11.0 Å². The average Bonchev–Trinajstić information content (AvgIpc) is 2.40. The number of hydrogen-bond donors (Lipinski definition) is 2. The van der Waals surface area contributed by atoms with Crippen LogP contribution < -0.4 is 5.43 Å². The molecule has 0 amide bonds. The number of aryl methyl sites for hydroxylation is 1. The predicted octanol–water partition coefficient (Wildman–Crippen LogP) is 2.28. The first-order valence-electron chi connectivity index (χ1n) is 5.99. The summed E-state index contributed by atoms with van der Waals surface area (Å²) in [6.45, 7) is 3.51. The molecule has 0 bridgehead atoms. The van der Waals surface area contributed by atoms with Gasteiger partial charge in [-0.25, -0.2) is 4.79 Å². The number of benzene rings is 1. The zero-order chi connectivity index (χ0) is 14.0. The molecule has 4 nitrogen and oxygen atoms in total. The summed E-state index contributed by atoms with van der Waals surface area (Å²) >= 11 is 0. The van der Waals surface area contributed by atoms with Crippen molar-refractivity contribution in [2.75, 3.05) is 0 Å². The molecule has 0 aliphatic carbocycles. The van der Waals surface area contributed by atoms with Crippen molar-refractivity contribution in [2.24, 2.45) is 0 Å². The van der Waals surface area contributed by atoms with Gasteiger partial charge in [0.25, 0.3) is 0 Å². The zero-order valence-electron chi connectivity index (χ0n) is 10.9. The Morgan fingerprint density at radius 3 is 2.63 bits per heavy atom. The summed E-state index contributed by atoms with van der Waals surface area (Å²) in [6, 6.07) is 6.82. The van der Waals surface area contributed by atoms with Gasteiger partial charge in [0.15, 0.2) is 5.43 Å². The average molecular weight is 257 g/mol. The lowest BCUT2D eigenvalue weighted by molar-refractivity contribution is 0.0696. The lowest BCUT2D eigenvalue weighted by Crippen LogP contribution is -2.14. The van der Waals surface area contributed by atoms with Crippen LogP contribution in [-0.4, -0.2) is 16.1 Å². The molecule has 0 saturated heterocycles. The Kier molecular flexibility index (Phi) is 3.51. The molecule has 0 atom stereocenters. The largest absolute Gasteiger partial charge is 0.478 e. The highest BCUT2D eigenvalue weighted by Crippen LogP contribution is 2.14. The van der Waals surface area contributed by atoms with Crippen LogP contribution in [0.25, 0.3) is 0 Å². The lowest BCUT2D eigenvalue weighted by atomic mass is 10.00. The van der Waals surface area contributed by atoms with Crippen molar-refractivity contribution in [3.05, 3.63) is 68.6 Å². The van der Waals surface area contributed by atoms with Gasteiger partial charge in [0.05, 0.1) is 5.56 Å². The molecule has 0 unspecified atom stereocenters. The molecule has 2 aromatic rings. The molecule has 2 rings (SSSR count). The van der Waals surface area contributed by atoms with E-state index in [1.54, 1.807) is 44.3 Å². The minimum absolute atomic E-state index is 0.00144. The van der Waals surface area contributed by atoms with Crippen LogP contribution in [0.3, 0.4) is 0 Å². The van der Waals surface area contributed by atoms with Gasteiger partial charge >= 0.3 is 5.97 Å². The van der Waals surface area contributed by atoms with Crippen LogP contribution in [0, 0.1) is 13.8 Å². The molecule has 0 fully saturated rings. The van der Waals surface area contributed by atoms with Crippen LogP contribution in [0.5, 0.6) is 0 Å². The first kappa shape index (κ1) is 13.1. The second-order valence-corrected chi connectivity index (χ2v) is 4.54. The Morgan fingerprint density at radius 1 is 1.26 bits per heavy atom. The number of carboxylic acids is 1. The van der Waals surface area contributed by atoms with Crippen LogP contribution >= 0.6 is 0 Å². The van der Waals surface area contributed by atoms with Crippen molar-refractivity contribution >= 4 is 5.97 Å². The number of nitrogens with one attached hydrogen (secondary N) is 1. The Morgan fingerprint density at radius 2 is 1.95 bits per heavy atom. The fraction of sp³-hybridized carbons (Fsp3) is 0.200. The molecule has 2 N–H and O–H groups in total. The molecule has 0 radical (unpaired) electrons. The highest BCUT2D eigenvalue weighted by molar-refractivity contribution is 5.89. The Balaban J connectivity index is 2.45. The van der Waals surface area contributed by atoms with Crippen molar-refractivity contribution < 1.29 is 9.90 Å². The van der Waals surface area contributed by atoms with Crippen LogP contribution in [0.2, 0.25) is 0 Å². The number of H-pyrrole nitrogens is 1. The number of hydrogen-bond acceptors (Lipinski definition) is 2. The first-order valence-corrected chi connectivity index (χ1v) is 5.99. The van der Waals surface area contributed by atoms with E-state index in [2.05, 4.69) is 4.98 Å². The summed E-state index contributed by atoms with van der Waals surface area (Å²) in [6.07, 6.45) is 2.07. The minimum atomic E-state index is -0.956. The molecule has 0 aliphatic rings. The SMILES string of the molecule is Cc1c[nH]c(Cc2ccccc2C(=O)O)c(C)c1=O. The number of rotatable bonds is 3. The predicted molar refractivity (Wildman–Crippen MR) is 72.7 cm³/mol. The van der Waals surface area contributed by atoms with E-state index in [9.17, 15) is 9.59 Å². The summed E-state index contributed by atoms with van der Waals surface area (Å²) in [5, 5.41) is 9.14. The highest BCUT2D eigenvalue weighted by Gasteiger charge is 2.12. The number of aromatic nitrogens is 1. The van der Waals surface area contributed by atoms with Gasteiger partial charge in [-0.05, 0) is 25.5 Å². The Labute approximate surface area is 110 Å². The van der Waals surface area contributed by atoms with Gasteiger partial charge in [-0.15, -0.1) is 0 Å². The van der Waals surface area contributed by atoms with Gasteiger partial charge in [-0.1, -0.05) is 18.2 Å². The van der Waals surface area contributed by atoms with E-state index in [0.29, 0.717) is 23.1 Å². The number of carbonyl (C=O) groups is 1. The van der Waals surface area contributed by atoms with Crippen LogP contribution in [0.1, 0.15) is 32.7 Å². The van der Waals surface area contributed by atoms with E-state index < -0.39 is 5.97 Å². The summed E-state index contributed by atoms with van der Waals surface area (Å²) in [5.41, 5.74) is 3.01. The van der Waals surface area contributed by atoms with Gasteiger partial charge in [-0.2, -0.15) is 0 Å². The second-order valence-electron chi connectivity index (χ2n) is 4.54. The van der Waals surface area contributed by atoms with E-state index >= 15 is 0 Å². The maximum atomic E-state index is 11.9. The Hall–Kier alpha value is -2.36. The molecule has 0 aliphatic heterocycles. The zero-order valence-corrected chi connectivity index (χ0v) is 10.9. The maximum Gasteiger partial charge on any atom is 0.335 e. The fourth-order valence-corrected chi connectivity index (χ4v) is 2.06. The lowest BCUT2D eigenvalue weighted by Gasteiger charge is -2.09. The van der Waals surface area contributed by atoms with Gasteiger partial charge < -0.3 is 10.1 Å². The van der Waals surface area contributed by atoms with Crippen molar-refractivity contribution in [1.29, 1.82) is 0 Å². The quantitative estimate of drug-likeness (QED) is 0.886. The highest BCUT2D eigenvalue weighted by atomic mass is 16.4. The topological polar surface area (TPSA) is 70.2 Å². The van der Waals surface area contributed by atoms with E-state index in [1.807, 2.05) is 0 Å². The van der Waals surface area contributed by atoms with Crippen molar-refractivity contribution in [2.45, 2.75) is 20.3 Å². The molecular weight excluding hydrogens is 242 g/mol. The molecule has 0 spiro atoms. The maximum absolute atomic E-state index is 11.9. The molecule has 1 heterocycles. The van der Waals surface area contributed by atoms with Gasteiger partial charge in [0, 0.05) is 29.4 Å². The third kappa shape index (κ3) is 2.57. The van der Waals surface area contributed by atoms with E-state index in [1.165, 1.54) is 0 Å². The summed E-state index contributed by atoms with van der Waals surface area (Å²) < 4.78 is 0. The fourth-order valence-electron chi connectivity index (χ4n) is 2.06. The molecule has 4 heteroatoms. The second kappa shape index (κ2) is 5.10. The third-order valence-electron chi connectivity index (χ3n) is 3.23. The molecule has 0 saturated carbocycles. The Bertz CT molecular complexity index is 686. The van der Waals surface area contributed by atoms with E-state index in [4.69, 9.17) is 5.11 Å². The van der Waals surface area contributed by atoms with Gasteiger partial charge in [-0.3, -0.25) is 4.79 Å². The number of aromatic carboxylic acids is 1. The van der Waals surface area contributed by atoms with Crippen LogP contribution in [-0.2, 0) is 6.42 Å². The molecular formula is C15H15NO3.